The van der Waals surface area contributed by atoms with Crippen molar-refractivity contribution in [3.8, 4) is 5.75 Å². The molecule has 0 aliphatic heterocycles. The van der Waals surface area contributed by atoms with Crippen LogP contribution in [0, 0.1) is 6.92 Å². The van der Waals surface area contributed by atoms with E-state index in [-0.39, 0.29) is 11.9 Å². The van der Waals surface area contributed by atoms with Crippen LogP contribution in [0.2, 0.25) is 0 Å². The molecule has 1 N–H and O–H groups in total. The van der Waals surface area contributed by atoms with Gasteiger partial charge in [-0.2, -0.15) is 0 Å². The Kier molecular flexibility index (Phi) is 5.24. The van der Waals surface area contributed by atoms with Gasteiger partial charge in [-0.05, 0) is 61.4 Å². The van der Waals surface area contributed by atoms with Gasteiger partial charge < -0.3 is 14.5 Å². The van der Waals surface area contributed by atoms with Gasteiger partial charge in [-0.3, -0.25) is 9.78 Å². The zero-order valence-corrected chi connectivity index (χ0v) is 16.4. The van der Waals surface area contributed by atoms with Crippen LogP contribution in [0.1, 0.15) is 40.1 Å². The van der Waals surface area contributed by atoms with Crippen molar-refractivity contribution in [1.29, 1.82) is 0 Å². The summed E-state index contributed by atoms with van der Waals surface area (Å²) in [5.41, 5.74) is 4.43. The van der Waals surface area contributed by atoms with Crippen LogP contribution in [-0.2, 0) is 6.61 Å². The first-order chi connectivity index (χ1) is 14.1. The Balaban J connectivity index is 1.41. The molecule has 0 saturated heterocycles. The van der Waals surface area contributed by atoms with E-state index in [2.05, 4.69) is 15.3 Å². The molecule has 4 aromatic rings. The number of nitrogens with zero attached hydrogens (tertiary/aromatic N) is 3. The molecule has 0 saturated carbocycles. The van der Waals surface area contributed by atoms with Crippen LogP contribution in [0.15, 0.2) is 73.3 Å². The van der Waals surface area contributed by atoms with Gasteiger partial charge in [0.25, 0.3) is 5.91 Å². The molecule has 0 radical (unpaired) electrons. The number of hydrogen-bond acceptors (Lipinski definition) is 4. The lowest BCUT2D eigenvalue weighted by atomic mass is 10.1. The minimum absolute atomic E-state index is 0.114. The molecule has 0 aliphatic rings. The zero-order valence-electron chi connectivity index (χ0n) is 16.4. The molecule has 0 fully saturated rings. The van der Waals surface area contributed by atoms with Crippen molar-refractivity contribution < 1.29 is 9.53 Å². The molecule has 1 atom stereocenters. The number of nitrogens with one attached hydrogen (secondary N) is 1. The summed E-state index contributed by atoms with van der Waals surface area (Å²) in [7, 11) is 0. The second-order valence-electron chi connectivity index (χ2n) is 7.00. The van der Waals surface area contributed by atoms with Gasteiger partial charge >= 0.3 is 0 Å². The van der Waals surface area contributed by atoms with Crippen LogP contribution in [0.3, 0.4) is 0 Å². The van der Waals surface area contributed by atoms with Crippen LogP contribution < -0.4 is 10.1 Å². The molecule has 1 aromatic carbocycles. The molecule has 0 aliphatic carbocycles. The average molecular weight is 386 g/mol. The number of rotatable bonds is 6. The second kappa shape index (κ2) is 8.14. The number of carbonyl (C=O) groups excluding carboxylic acids is 1. The summed E-state index contributed by atoms with van der Waals surface area (Å²) in [5, 5.41) is 3.00. The number of aryl methyl sites for hydroxylation is 1. The molecule has 1 amide bonds. The Morgan fingerprint density at radius 2 is 1.97 bits per heavy atom. The maximum Gasteiger partial charge on any atom is 0.251 e. The Bertz CT molecular complexity index is 1140. The maximum absolute atomic E-state index is 12.6. The van der Waals surface area contributed by atoms with E-state index < -0.39 is 0 Å². The average Bonchev–Trinajstić information content (AvgIpc) is 3.15. The van der Waals surface area contributed by atoms with Crippen molar-refractivity contribution in [2.24, 2.45) is 0 Å². The van der Waals surface area contributed by atoms with E-state index >= 15 is 0 Å². The Hall–Kier alpha value is -3.67. The minimum atomic E-state index is -0.150. The highest BCUT2D eigenvalue weighted by molar-refractivity contribution is 5.94. The molecule has 1 unspecified atom stereocenters. The normalized spacial score (nSPS) is 11.9. The molecule has 146 valence electrons. The van der Waals surface area contributed by atoms with E-state index in [9.17, 15) is 4.79 Å². The van der Waals surface area contributed by atoms with E-state index in [0.717, 1.165) is 16.9 Å². The van der Waals surface area contributed by atoms with Crippen LogP contribution >= 0.6 is 0 Å². The molecule has 0 spiro atoms. The smallest absolute Gasteiger partial charge is 0.251 e. The third-order valence-corrected chi connectivity index (χ3v) is 4.69. The summed E-state index contributed by atoms with van der Waals surface area (Å²) < 4.78 is 7.85. The molecular formula is C23H22N4O2. The van der Waals surface area contributed by atoms with Gasteiger partial charge in [0, 0.05) is 30.4 Å². The number of ether oxygens (including phenoxy) is 1. The number of carbonyl (C=O) groups is 1. The van der Waals surface area contributed by atoms with Gasteiger partial charge in [0.1, 0.15) is 18.0 Å². The lowest BCUT2D eigenvalue weighted by molar-refractivity contribution is 0.0939. The third kappa shape index (κ3) is 4.43. The lowest BCUT2D eigenvalue weighted by Crippen LogP contribution is -2.26. The molecule has 6 nitrogen and oxygen atoms in total. The standard InChI is InChI=1S/C23H22N4O2/c1-16-6-7-22-26-20(14-27(22)13-16)15-29-21-5-3-4-19(12-21)23(28)25-17(2)18-8-10-24-11-9-18/h3-14,17H,15H2,1-2H3,(H,25,28). The van der Waals surface area contributed by atoms with Crippen LogP contribution in [-0.4, -0.2) is 20.3 Å². The number of benzene rings is 1. The minimum Gasteiger partial charge on any atom is -0.487 e. The van der Waals surface area contributed by atoms with Crippen LogP contribution in [0.25, 0.3) is 5.65 Å². The Morgan fingerprint density at radius 1 is 1.14 bits per heavy atom. The van der Waals surface area contributed by atoms with E-state index in [1.807, 2.05) is 67.0 Å². The summed E-state index contributed by atoms with van der Waals surface area (Å²) >= 11 is 0. The van der Waals surface area contributed by atoms with E-state index in [1.165, 1.54) is 5.56 Å². The summed E-state index contributed by atoms with van der Waals surface area (Å²) in [4.78, 5) is 21.2. The zero-order chi connectivity index (χ0) is 20.2. The fraction of sp³-hybridized carbons (Fsp3) is 0.174. The van der Waals surface area contributed by atoms with Gasteiger partial charge in [0.15, 0.2) is 0 Å². The van der Waals surface area contributed by atoms with E-state index in [1.54, 1.807) is 24.5 Å². The molecule has 4 rings (SSSR count). The van der Waals surface area contributed by atoms with Gasteiger partial charge in [-0.15, -0.1) is 0 Å². The van der Waals surface area contributed by atoms with Crippen molar-refractivity contribution in [1.82, 2.24) is 19.7 Å². The summed E-state index contributed by atoms with van der Waals surface area (Å²) in [5.74, 6) is 0.477. The monoisotopic (exact) mass is 386 g/mol. The number of fused-ring (bicyclic) bond motifs is 1. The van der Waals surface area contributed by atoms with Gasteiger partial charge in [0.05, 0.1) is 11.7 Å². The van der Waals surface area contributed by atoms with Crippen LogP contribution in [0.4, 0.5) is 0 Å². The number of amides is 1. The fourth-order valence-corrected chi connectivity index (χ4v) is 3.12. The number of imidazole rings is 1. The Labute approximate surface area is 169 Å². The largest absolute Gasteiger partial charge is 0.487 e. The predicted octanol–water partition coefficient (Wildman–Crippen LogP) is 4.11. The van der Waals surface area contributed by atoms with Crippen molar-refractivity contribution >= 4 is 11.6 Å². The molecule has 3 aromatic heterocycles. The Morgan fingerprint density at radius 3 is 2.79 bits per heavy atom. The molecule has 6 heteroatoms. The van der Waals surface area contributed by atoms with Crippen molar-refractivity contribution in [2.75, 3.05) is 0 Å². The van der Waals surface area contributed by atoms with Crippen molar-refractivity contribution in [2.45, 2.75) is 26.5 Å². The molecule has 29 heavy (non-hydrogen) atoms. The van der Waals surface area contributed by atoms with Gasteiger partial charge in [-0.1, -0.05) is 12.1 Å². The topological polar surface area (TPSA) is 68.5 Å². The predicted molar refractivity (Wildman–Crippen MR) is 111 cm³/mol. The molecule has 3 heterocycles. The van der Waals surface area contributed by atoms with Crippen LogP contribution in [0.5, 0.6) is 5.75 Å². The first kappa shape index (κ1) is 18.7. The maximum atomic E-state index is 12.6. The van der Waals surface area contributed by atoms with Crippen molar-refractivity contribution in [3.05, 3.63) is 95.7 Å². The number of hydrogen-bond donors (Lipinski definition) is 1. The number of aromatic nitrogens is 3. The number of pyridine rings is 2. The summed E-state index contributed by atoms with van der Waals surface area (Å²) in [6.07, 6.45) is 7.41. The lowest BCUT2D eigenvalue weighted by Gasteiger charge is -2.14. The highest BCUT2D eigenvalue weighted by Crippen LogP contribution is 2.17. The fourth-order valence-electron chi connectivity index (χ4n) is 3.12. The van der Waals surface area contributed by atoms with Crippen molar-refractivity contribution in [3.63, 3.8) is 0 Å². The SMILES string of the molecule is Cc1ccc2nc(COc3cccc(C(=O)NC(C)c4ccncc4)c3)cn2c1. The molecule has 0 bridgehead atoms. The second-order valence-corrected chi connectivity index (χ2v) is 7.00. The highest BCUT2D eigenvalue weighted by atomic mass is 16.5. The quantitative estimate of drug-likeness (QED) is 0.541. The first-order valence-corrected chi connectivity index (χ1v) is 9.46. The van der Waals surface area contributed by atoms with Gasteiger partial charge in [0.2, 0.25) is 0 Å². The van der Waals surface area contributed by atoms with E-state index in [4.69, 9.17) is 4.74 Å². The first-order valence-electron chi connectivity index (χ1n) is 9.46. The summed E-state index contributed by atoms with van der Waals surface area (Å²) in [6, 6.07) is 14.8. The third-order valence-electron chi connectivity index (χ3n) is 4.69. The molecular weight excluding hydrogens is 364 g/mol. The highest BCUT2D eigenvalue weighted by Gasteiger charge is 2.12. The summed E-state index contributed by atoms with van der Waals surface area (Å²) in [6.45, 7) is 4.32. The van der Waals surface area contributed by atoms with E-state index in [0.29, 0.717) is 17.9 Å². The van der Waals surface area contributed by atoms with Gasteiger partial charge in [-0.25, -0.2) is 4.98 Å².